The van der Waals surface area contributed by atoms with Crippen LogP contribution in [0, 0.1) is 0 Å². The summed E-state index contributed by atoms with van der Waals surface area (Å²) in [7, 11) is 0. The minimum Gasteiger partial charge on any atom is -0.357 e. The summed E-state index contributed by atoms with van der Waals surface area (Å²) >= 11 is 0. The van der Waals surface area contributed by atoms with Gasteiger partial charge in [0.15, 0.2) is 5.96 Å². The van der Waals surface area contributed by atoms with E-state index in [2.05, 4.69) is 22.5 Å². The molecule has 0 aromatic rings. The van der Waals surface area contributed by atoms with E-state index in [1.54, 1.807) is 6.92 Å². The predicted octanol–water partition coefficient (Wildman–Crippen LogP) is 1.27. The highest BCUT2D eigenvalue weighted by Crippen LogP contribution is 2.17. The summed E-state index contributed by atoms with van der Waals surface area (Å²) in [6, 6.07) is 0.594. The molecule has 0 spiro atoms. The third-order valence-corrected chi connectivity index (χ3v) is 4.54. The molecule has 0 atom stereocenters. The first-order chi connectivity index (χ1) is 10.7. The minimum atomic E-state index is 0. The van der Waals surface area contributed by atoms with Gasteiger partial charge in [-0.1, -0.05) is 12.8 Å². The summed E-state index contributed by atoms with van der Waals surface area (Å²) in [5, 5.41) is 6.88. The van der Waals surface area contributed by atoms with Gasteiger partial charge in [0, 0.05) is 52.2 Å². The van der Waals surface area contributed by atoms with Crippen molar-refractivity contribution in [1.82, 2.24) is 20.4 Å². The lowest BCUT2D eigenvalue weighted by molar-refractivity contribution is -0.130. The zero-order valence-electron chi connectivity index (χ0n) is 14.5. The van der Waals surface area contributed by atoms with Gasteiger partial charge in [-0.05, 0) is 19.8 Å². The molecular weight excluding hydrogens is 405 g/mol. The van der Waals surface area contributed by atoms with Gasteiger partial charge in [-0.25, -0.2) is 0 Å². The summed E-state index contributed by atoms with van der Waals surface area (Å²) < 4.78 is 0. The van der Waals surface area contributed by atoms with Crippen LogP contribution in [-0.2, 0) is 4.79 Å². The summed E-state index contributed by atoms with van der Waals surface area (Å²) in [5.41, 5.74) is 0. The van der Waals surface area contributed by atoms with Crippen LogP contribution in [0.4, 0.5) is 0 Å². The van der Waals surface area contributed by atoms with E-state index < -0.39 is 0 Å². The van der Waals surface area contributed by atoms with Gasteiger partial charge in [0.2, 0.25) is 5.91 Å². The van der Waals surface area contributed by atoms with Crippen molar-refractivity contribution in [3.8, 4) is 0 Å². The number of amides is 1. The Balaban J connectivity index is 0.00000264. The lowest BCUT2D eigenvalue weighted by atomic mass is 10.2. The van der Waals surface area contributed by atoms with Crippen molar-refractivity contribution in [2.24, 2.45) is 4.99 Å². The smallest absolute Gasteiger partial charge is 0.219 e. The maximum atomic E-state index is 11.3. The molecule has 1 saturated carbocycles. The van der Waals surface area contributed by atoms with Gasteiger partial charge in [0.1, 0.15) is 0 Å². The van der Waals surface area contributed by atoms with Gasteiger partial charge in [-0.2, -0.15) is 0 Å². The van der Waals surface area contributed by atoms with Crippen LogP contribution in [0.2, 0.25) is 0 Å². The molecule has 0 bridgehead atoms. The third-order valence-electron chi connectivity index (χ3n) is 4.54. The number of nitrogens with one attached hydrogen (secondary N) is 2. The fourth-order valence-corrected chi connectivity index (χ4v) is 3.17. The first-order valence-electron chi connectivity index (χ1n) is 8.71. The highest BCUT2D eigenvalue weighted by molar-refractivity contribution is 14.0. The van der Waals surface area contributed by atoms with E-state index in [-0.39, 0.29) is 29.9 Å². The molecule has 0 radical (unpaired) electrons. The molecule has 2 rings (SSSR count). The number of guanidine groups is 1. The van der Waals surface area contributed by atoms with Crippen LogP contribution in [0.5, 0.6) is 0 Å². The normalized spacial score (nSPS) is 20.3. The summed E-state index contributed by atoms with van der Waals surface area (Å²) in [6.07, 6.45) is 5.18. The first-order valence-corrected chi connectivity index (χ1v) is 8.71. The quantitative estimate of drug-likeness (QED) is 0.387. The predicted molar refractivity (Wildman–Crippen MR) is 105 cm³/mol. The zero-order chi connectivity index (χ0) is 15.8. The van der Waals surface area contributed by atoms with Crippen molar-refractivity contribution in [3.05, 3.63) is 0 Å². The Kier molecular flexibility index (Phi) is 9.85. The van der Waals surface area contributed by atoms with Crippen molar-refractivity contribution < 1.29 is 4.79 Å². The molecule has 2 aliphatic rings. The third kappa shape index (κ3) is 7.24. The molecule has 1 aliphatic carbocycles. The van der Waals surface area contributed by atoms with E-state index in [9.17, 15) is 4.79 Å². The van der Waals surface area contributed by atoms with E-state index in [1.807, 2.05) is 4.90 Å². The van der Waals surface area contributed by atoms with Gasteiger partial charge < -0.3 is 15.5 Å². The van der Waals surface area contributed by atoms with E-state index in [0.29, 0.717) is 6.04 Å². The largest absolute Gasteiger partial charge is 0.357 e. The number of carbonyl (C=O) groups excluding carboxylic acids is 1. The Labute approximate surface area is 157 Å². The van der Waals surface area contributed by atoms with Gasteiger partial charge in [0.05, 0.1) is 6.54 Å². The Hall–Kier alpha value is -0.570. The van der Waals surface area contributed by atoms with Gasteiger partial charge in [0.25, 0.3) is 0 Å². The molecule has 1 heterocycles. The number of nitrogens with zero attached hydrogens (tertiary/aromatic N) is 3. The maximum absolute atomic E-state index is 11.3. The Morgan fingerprint density at radius 3 is 2.39 bits per heavy atom. The molecule has 2 N–H and O–H groups in total. The first kappa shape index (κ1) is 20.5. The van der Waals surface area contributed by atoms with Crippen molar-refractivity contribution in [2.75, 3.05) is 45.8 Å². The number of rotatable bonds is 5. The Bertz CT molecular complexity index is 377. The summed E-state index contributed by atoms with van der Waals surface area (Å²) in [4.78, 5) is 20.3. The molecule has 1 amide bonds. The van der Waals surface area contributed by atoms with Crippen LogP contribution in [0.25, 0.3) is 0 Å². The van der Waals surface area contributed by atoms with Crippen LogP contribution < -0.4 is 10.6 Å². The molecule has 7 heteroatoms. The Morgan fingerprint density at radius 2 is 1.83 bits per heavy atom. The molecule has 2 fully saturated rings. The second-order valence-corrected chi connectivity index (χ2v) is 6.23. The Morgan fingerprint density at radius 1 is 1.17 bits per heavy atom. The van der Waals surface area contributed by atoms with Gasteiger partial charge in [-0.15, -0.1) is 24.0 Å². The lowest BCUT2D eigenvalue weighted by Gasteiger charge is -2.33. The molecule has 1 saturated heterocycles. The van der Waals surface area contributed by atoms with Crippen LogP contribution in [0.15, 0.2) is 4.99 Å². The molecule has 134 valence electrons. The second-order valence-electron chi connectivity index (χ2n) is 6.23. The summed E-state index contributed by atoms with van der Waals surface area (Å²) in [6.45, 7) is 10.0. The monoisotopic (exact) mass is 437 g/mol. The lowest BCUT2D eigenvalue weighted by Crippen LogP contribution is -2.48. The standard InChI is InChI=1S/C16H31N5O.HI/c1-3-17-16(19-15-6-4-5-7-15)18-8-9-20-10-12-21(13-11-20)14(2)22;/h15H,3-13H2,1-2H3,(H2,17,18,19);1H. The average molecular weight is 437 g/mol. The number of piperazine rings is 1. The van der Waals surface area contributed by atoms with Crippen molar-refractivity contribution in [1.29, 1.82) is 0 Å². The molecule has 6 nitrogen and oxygen atoms in total. The number of halogens is 1. The van der Waals surface area contributed by atoms with Gasteiger partial charge in [-0.3, -0.25) is 14.7 Å². The van der Waals surface area contributed by atoms with Crippen molar-refractivity contribution in [3.63, 3.8) is 0 Å². The van der Waals surface area contributed by atoms with Crippen LogP contribution in [0.3, 0.4) is 0 Å². The van der Waals surface area contributed by atoms with Crippen LogP contribution in [-0.4, -0.2) is 73.5 Å². The van der Waals surface area contributed by atoms with Crippen LogP contribution in [0.1, 0.15) is 39.5 Å². The van der Waals surface area contributed by atoms with E-state index in [4.69, 9.17) is 4.99 Å². The van der Waals surface area contributed by atoms with Crippen LogP contribution >= 0.6 is 24.0 Å². The molecule has 1 aliphatic heterocycles. The molecule has 0 unspecified atom stereocenters. The minimum absolute atomic E-state index is 0. The highest BCUT2D eigenvalue weighted by Gasteiger charge is 2.18. The highest BCUT2D eigenvalue weighted by atomic mass is 127. The number of aliphatic imine (C=N–C) groups is 1. The van der Waals surface area contributed by atoms with E-state index >= 15 is 0 Å². The molecular formula is C16H32IN5O. The topological polar surface area (TPSA) is 60.0 Å². The SMILES string of the molecule is CCNC(=NCCN1CCN(C(C)=O)CC1)NC1CCCC1.I. The number of carbonyl (C=O) groups is 1. The summed E-state index contributed by atoms with van der Waals surface area (Å²) in [5.74, 6) is 1.14. The molecule has 23 heavy (non-hydrogen) atoms. The fourth-order valence-electron chi connectivity index (χ4n) is 3.17. The molecule has 0 aromatic carbocycles. The zero-order valence-corrected chi connectivity index (χ0v) is 16.8. The van der Waals surface area contributed by atoms with Crippen molar-refractivity contribution in [2.45, 2.75) is 45.6 Å². The molecule has 0 aromatic heterocycles. The average Bonchev–Trinajstić information content (AvgIpc) is 3.01. The second kappa shape index (κ2) is 11.1. The number of hydrogen-bond acceptors (Lipinski definition) is 3. The van der Waals surface area contributed by atoms with Crippen molar-refractivity contribution >= 4 is 35.8 Å². The number of hydrogen-bond donors (Lipinski definition) is 2. The van der Waals surface area contributed by atoms with E-state index in [0.717, 1.165) is 51.8 Å². The van der Waals surface area contributed by atoms with E-state index in [1.165, 1.54) is 25.7 Å². The van der Waals surface area contributed by atoms with Gasteiger partial charge >= 0.3 is 0 Å². The fraction of sp³-hybridized carbons (Fsp3) is 0.875. The maximum Gasteiger partial charge on any atom is 0.219 e.